The van der Waals surface area contributed by atoms with Gasteiger partial charge in [-0.1, -0.05) is 24.3 Å². The van der Waals surface area contributed by atoms with Crippen LogP contribution < -0.4 is 29.6 Å². The summed E-state index contributed by atoms with van der Waals surface area (Å²) < 4.78 is 37.7. The predicted octanol–water partition coefficient (Wildman–Crippen LogP) is 4.61. The molecule has 3 N–H and O–H groups in total. The number of phenols is 1. The smallest absolute Gasteiger partial charge is 0.335 e. The number of hydrogen-bond acceptors (Lipinski definition) is 15. The Kier molecular flexibility index (Phi) is 8.53. The van der Waals surface area contributed by atoms with Gasteiger partial charge in [0.25, 0.3) is 0 Å². The molecule has 4 bridgehead atoms. The SMILES string of the molecule is CNC[C@H]1Cc2c(oc3ccccc23)[C@@]2(CS[C@@H]3c4c(OC(C)=O)c(C)c5c(c4[C@H](COC2=O)N2[C@@H]3[C@@H]3c4c(cc(C)c(OC)c4O)CC2(C#N)CN3C)OCO5)N1. The highest BCUT2D eigenvalue weighted by molar-refractivity contribution is 7.99. The number of aryl methyl sites for hydroxylation is 1. The number of furan rings is 1. The number of carbonyl (C=O) groups excluding carboxylic acids is 2. The molecule has 8 aliphatic rings. The van der Waals surface area contributed by atoms with Crippen molar-refractivity contribution in [1.82, 2.24) is 20.4 Å². The van der Waals surface area contributed by atoms with E-state index in [-0.39, 0.29) is 37.4 Å². The van der Waals surface area contributed by atoms with Crippen LogP contribution in [0.5, 0.6) is 28.7 Å². The first-order valence-corrected chi connectivity index (χ1v) is 20.7. The molecule has 0 amide bonds. The molecule has 12 rings (SSSR count). The Labute approximate surface area is 339 Å². The zero-order valence-corrected chi connectivity index (χ0v) is 34.0. The van der Waals surface area contributed by atoms with Gasteiger partial charge in [0.05, 0.1) is 30.5 Å². The number of nitrogens with zero attached hydrogens (tertiary/aromatic N) is 3. The van der Waals surface area contributed by atoms with E-state index in [1.165, 1.54) is 18.7 Å². The Bertz CT molecular complexity index is 2480. The number of para-hydroxylation sites is 1. The molecule has 1 spiro atoms. The number of ether oxygens (including phenoxy) is 5. The molecule has 2 unspecified atom stereocenters. The molecule has 0 saturated carbocycles. The predicted molar refractivity (Wildman–Crippen MR) is 212 cm³/mol. The van der Waals surface area contributed by atoms with E-state index in [0.717, 1.165) is 22.1 Å². The van der Waals surface area contributed by atoms with E-state index < -0.39 is 46.4 Å². The van der Waals surface area contributed by atoms with Gasteiger partial charge in [0.1, 0.15) is 29.2 Å². The Balaban J connectivity index is 1.26. The molecule has 8 atom stereocenters. The summed E-state index contributed by atoms with van der Waals surface area (Å²) in [7, 11) is 5.41. The molecule has 0 radical (unpaired) electrons. The maximum atomic E-state index is 15.2. The molecule has 15 heteroatoms. The van der Waals surface area contributed by atoms with E-state index in [1.807, 2.05) is 58.3 Å². The van der Waals surface area contributed by atoms with Crippen LogP contribution in [0, 0.1) is 25.2 Å². The van der Waals surface area contributed by atoms with Gasteiger partial charge in [0.2, 0.25) is 6.79 Å². The number of methoxy groups -OCH3 is 1. The lowest BCUT2D eigenvalue weighted by Crippen LogP contribution is -2.69. The van der Waals surface area contributed by atoms with Crippen LogP contribution in [-0.4, -0.2) is 97.9 Å². The highest BCUT2D eigenvalue weighted by Gasteiger charge is 2.64. The molecule has 2 saturated heterocycles. The van der Waals surface area contributed by atoms with Crippen LogP contribution in [0.2, 0.25) is 0 Å². The monoisotopic (exact) mass is 807 g/mol. The number of piperazine rings is 1. The summed E-state index contributed by atoms with van der Waals surface area (Å²) in [5.74, 6) is 1.36. The summed E-state index contributed by atoms with van der Waals surface area (Å²) in [5.41, 5.74) is 3.31. The van der Waals surface area contributed by atoms with Gasteiger partial charge >= 0.3 is 11.9 Å². The summed E-state index contributed by atoms with van der Waals surface area (Å²) in [4.78, 5) is 32.6. The summed E-state index contributed by atoms with van der Waals surface area (Å²) in [6.45, 7) is 5.80. The maximum Gasteiger partial charge on any atom is 0.335 e. The molecule has 14 nitrogen and oxygen atoms in total. The Morgan fingerprint density at radius 3 is 2.71 bits per heavy atom. The first-order valence-electron chi connectivity index (χ1n) is 19.6. The largest absolute Gasteiger partial charge is 0.504 e. The summed E-state index contributed by atoms with van der Waals surface area (Å²) in [6, 6.07) is 10.7. The zero-order chi connectivity index (χ0) is 40.4. The summed E-state index contributed by atoms with van der Waals surface area (Å²) in [6.07, 6.45) is 0.916. The van der Waals surface area contributed by atoms with Gasteiger partial charge < -0.3 is 38.5 Å². The second kappa shape index (κ2) is 13.3. The van der Waals surface area contributed by atoms with Gasteiger partial charge in [0, 0.05) is 77.5 Å². The van der Waals surface area contributed by atoms with Crippen LogP contribution in [0.25, 0.3) is 11.0 Å². The summed E-state index contributed by atoms with van der Waals surface area (Å²) in [5, 5.41) is 31.1. The van der Waals surface area contributed by atoms with E-state index in [2.05, 4.69) is 26.5 Å². The van der Waals surface area contributed by atoms with E-state index in [1.54, 1.807) is 7.11 Å². The standard InChI is InChI=1S/C43H45N5O9S/c1-20-11-23-13-42(16-44)17-47(5)32(29(23)34(50)35(20)52-6)33-39-31-30(38-37(54-19-55-38)21(2)36(31)56-22(3)49)27(48(33)42)15-53-41(51)43(18-58-39)40-26(12-24(46-43)14-45-4)25-9-7-8-10-28(25)57-40/h7-11,24,27,32-33,39,45-46,50H,12-15,17-19H2,1-6H3/t24-,27+,32+,33-,39-,42?,43-/m1/s1. The molecule has 4 aromatic rings. The van der Waals surface area contributed by atoms with Gasteiger partial charge in [-0.3, -0.25) is 19.9 Å². The molecule has 1 aromatic heterocycles. The van der Waals surface area contributed by atoms with Crippen molar-refractivity contribution in [3.05, 3.63) is 75.0 Å². The number of esters is 2. The third kappa shape index (κ3) is 4.99. The van der Waals surface area contributed by atoms with Crippen LogP contribution in [0.3, 0.4) is 0 Å². The molecule has 3 aromatic carbocycles. The Morgan fingerprint density at radius 2 is 1.95 bits per heavy atom. The summed E-state index contributed by atoms with van der Waals surface area (Å²) >= 11 is 1.52. The van der Waals surface area contributed by atoms with Gasteiger partial charge in [-0.2, -0.15) is 5.26 Å². The quantitative estimate of drug-likeness (QED) is 0.193. The molecule has 58 heavy (non-hydrogen) atoms. The molecule has 9 heterocycles. The number of fused-ring (bicyclic) bond motifs is 8. The van der Waals surface area contributed by atoms with Crippen molar-refractivity contribution in [2.45, 2.75) is 74.1 Å². The number of benzene rings is 3. The number of aromatic hydroxyl groups is 1. The van der Waals surface area contributed by atoms with E-state index >= 15 is 4.79 Å². The number of likely N-dealkylation sites (N-methyl/N-ethyl adjacent to an activating group) is 2. The number of nitrogens with one attached hydrogen (secondary N) is 2. The number of rotatable bonds is 4. The molecule has 2 fully saturated rings. The van der Waals surface area contributed by atoms with Crippen LogP contribution in [0.1, 0.15) is 69.0 Å². The molecular formula is C43H45N5O9S. The fraction of sp³-hybridized carbons (Fsp3) is 0.465. The first kappa shape index (κ1) is 37.3. The lowest BCUT2D eigenvalue weighted by molar-refractivity contribution is -0.159. The van der Waals surface area contributed by atoms with Gasteiger partial charge in [-0.05, 0) is 51.6 Å². The third-order valence-electron chi connectivity index (χ3n) is 13.1. The van der Waals surface area contributed by atoms with Crippen molar-refractivity contribution in [2.75, 3.05) is 53.4 Å². The van der Waals surface area contributed by atoms with Crippen molar-refractivity contribution in [1.29, 1.82) is 5.26 Å². The first-order chi connectivity index (χ1) is 28.0. The average Bonchev–Trinajstić information content (AvgIpc) is 3.79. The average molecular weight is 808 g/mol. The fourth-order valence-corrected chi connectivity index (χ4v) is 12.7. The van der Waals surface area contributed by atoms with E-state index in [9.17, 15) is 15.2 Å². The van der Waals surface area contributed by atoms with Crippen molar-refractivity contribution >= 4 is 34.7 Å². The molecule has 0 aliphatic carbocycles. The van der Waals surface area contributed by atoms with Gasteiger partial charge in [0.15, 0.2) is 28.5 Å². The topological polar surface area (TPSA) is 168 Å². The minimum atomic E-state index is -1.42. The van der Waals surface area contributed by atoms with Crippen LogP contribution in [0.4, 0.5) is 0 Å². The third-order valence-corrected chi connectivity index (χ3v) is 14.6. The number of phenolic OH excluding ortho intramolecular Hbond substituents is 1. The van der Waals surface area contributed by atoms with Crippen LogP contribution >= 0.6 is 11.8 Å². The van der Waals surface area contributed by atoms with Crippen molar-refractivity contribution < 1.29 is 42.8 Å². The number of hydrogen-bond donors (Lipinski definition) is 3. The number of carbonyl (C=O) groups is 2. The fourth-order valence-electron chi connectivity index (χ4n) is 11.1. The minimum absolute atomic E-state index is 0.0314. The Morgan fingerprint density at radius 1 is 1.16 bits per heavy atom. The second-order valence-electron chi connectivity index (χ2n) is 16.4. The normalized spacial score (nSPS) is 30.5. The van der Waals surface area contributed by atoms with E-state index in [4.69, 9.17) is 28.1 Å². The van der Waals surface area contributed by atoms with Crippen LogP contribution in [0.15, 0.2) is 34.7 Å². The lowest BCUT2D eigenvalue weighted by atomic mass is 9.76. The molecule has 302 valence electrons. The van der Waals surface area contributed by atoms with Gasteiger partial charge in [-0.25, -0.2) is 4.79 Å². The number of thioether (sulfide) groups is 1. The van der Waals surface area contributed by atoms with Crippen LogP contribution in [-0.2, 0) is 32.7 Å². The van der Waals surface area contributed by atoms with Crippen molar-refractivity contribution in [2.24, 2.45) is 0 Å². The zero-order valence-electron chi connectivity index (χ0n) is 33.2. The minimum Gasteiger partial charge on any atom is -0.504 e. The molecular weight excluding hydrogens is 763 g/mol. The second-order valence-corrected chi connectivity index (χ2v) is 17.6. The highest BCUT2D eigenvalue weighted by Crippen LogP contribution is 2.65. The number of nitriles is 1. The Hall–Kier alpha value is -4.98. The van der Waals surface area contributed by atoms with Gasteiger partial charge in [-0.15, -0.1) is 11.8 Å². The highest BCUT2D eigenvalue weighted by atomic mass is 32.2. The maximum absolute atomic E-state index is 15.2. The van der Waals surface area contributed by atoms with Crippen molar-refractivity contribution in [3.63, 3.8) is 0 Å². The van der Waals surface area contributed by atoms with Crippen molar-refractivity contribution in [3.8, 4) is 34.8 Å². The molecule has 8 aliphatic heterocycles. The lowest BCUT2D eigenvalue weighted by Gasteiger charge is -2.60. The van der Waals surface area contributed by atoms with E-state index in [0.29, 0.717) is 76.1 Å².